The molecule has 40 heteroatoms. The minimum atomic E-state index is -1.06. The molecule has 3 amide bonds. The van der Waals surface area contributed by atoms with E-state index in [-0.39, 0.29) is 65.5 Å². The number of ketones is 1. The van der Waals surface area contributed by atoms with Gasteiger partial charge in [-0.05, 0) is 186 Å². The summed E-state index contributed by atoms with van der Waals surface area (Å²) >= 11 is 11.6. The Morgan fingerprint density at radius 3 is 1.28 bits per heavy atom. The highest BCUT2D eigenvalue weighted by molar-refractivity contribution is 6.30. The molecular weight excluding hydrogens is 1610 g/mol. The maximum Gasteiger partial charge on any atom is 0.359 e. The van der Waals surface area contributed by atoms with Crippen molar-refractivity contribution in [1.82, 2.24) is 112 Å². The van der Waals surface area contributed by atoms with Gasteiger partial charge in [0.2, 0.25) is 0 Å². The number of fused-ring (bicyclic) bond motifs is 8. The van der Waals surface area contributed by atoms with Crippen molar-refractivity contribution in [2.45, 2.75) is 84.8 Å². The van der Waals surface area contributed by atoms with E-state index in [2.05, 4.69) is 103 Å². The van der Waals surface area contributed by atoms with Gasteiger partial charge in [-0.15, -0.1) is 24.8 Å². The highest BCUT2D eigenvalue weighted by Gasteiger charge is 2.33. The molecule has 0 unspecified atom stereocenters. The van der Waals surface area contributed by atoms with E-state index >= 15 is 0 Å². The number of carbonyl (C=O) groups is 8. The molecule has 612 valence electrons. The van der Waals surface area contributed by atoms with Gasteiger partial charge in [-0.2, -0.15) is 76.9 Å². The molecule has 118 heavy (non-hydrogen) atoms. The summed E-state index contributed by atoms with van der Waals surface area (Å²) in [7, 11) is 0. The molecule has 12 heterocycles. The van der Waals surface area contributed by atoms with Crippen LogP contribution >= 0.6 is 48.0 Å². The monoisotopic (exact) mass is 1680 g/mol. The summed E-state index contributed by atoms with van der Waals surface area (Å²) in [5, 5.41) is 84.7. The summed E-state index contributed by atoms with van der Waals surface area (Å²) in [6.07, 6.45) is 5.43. The van der Waals surface area contributed by atoms with Crippen LogP contribution in [-0.2, 0) is 66.0 Å². The number of aryl methyl sites for hydroxylation is 1. The average molecular weight is 1690 g/mol. The third kappa shape index (κ3) is 20.6. The Balaban J connectivity index is 0.000000144. The lowest BCUT2D eigenvalue weighted by Gasteiger charge is -2.27. The molecule has 0 bridgehead atoms. The normalized spacial score (nSPS) is 13.6. The van der Waals surface area contributed by atoms with Crippen LogP contribution in [0.1, 0.15) is 151 Å². The summed E-state index contributed by atoms with van der Waals surface area (Å²) in [6.45, 7) is 9.80. The number of carboxylic acids is 2. The van der Waals surface area contributed by atoms with Gasteiger partial charge in [-0.1, -0.05) is 47.5 Å². The first-order valence-electron chi connectivity index (χ1n) is 37.1. The molecule has 13 aromatic rings. The lowest BCUT2D eigenvalue weighted by atomic mass is 9.98. The first kappa shape index (κ1) is 85.9. The fourth-order valence-corrected chi connectivity index (χ4v) is 13.8. The Morgan fingerprint density at radius 2 is 0.847 bits per heavy atom. The fraction of sp³-hybridized carbons (Fsp3) is 0.282. The Hall–Kier alpha value is -13.0. The zero-order valence-corrected chi connectivity index (χ0v) is 66.7. The van der Waals surface area contributed by atoms with E-state index in [1.165, 1.54) is 17.7 Å². The van der Waals surface area contributed by atoms with Crippen molar-refractivity contribution in [3.8, 4) is 0 Å². The number of halogens is 4. The van der Waals surface area contributed by atoms with Crippen molar-refractivity contribution in [2.24, 2.45) is 10.7 Å². The van der Waals surface area contributed by atoms with E-state index in [1.807, 2.05) is 55.5 Å². The van der Waals surface area contributed by atoms with Crippen LogP contribution in [0.25, 0.3) is 44.1 Å². The van der Waals surface area contributed by atoms with E-state index in [1.54, 1.807) is 82.3 Å². The predicted molar refractivity (Wildman–Crippen MR) is 437 cm³/mol. The average Bonchev–Trinajstić information content (AvgIpc) is 1.63. The molecule has 0 aliphatic carbocycles. The van der Waals surface area contributed by atoms with Gasteiger partial charge in [-0.25, -0.2) is 19.2 Å². The van der Waals surface area contributed by atoms with Crippen molar-refractivity contribution in [1.29, 1.82) is 0 Å². The number of hydrogen-bond acceptors (Lipinski definition) is 24. The number of benzene rings is 6. The van der Waals surface area contributed by atoms with Crippen LogP contribution in [0.4, 0.5) is 0 Å². The summed E-state index contributed by atoms with van der Waals surface area (Å²) in [5.41, 5.74) is 23.4. The van der Waals surface area contributed by atoms with Crippen molar-refractivity contribution >= 4 is 145 Å². The number of rotatable bonds is 16. The summed E-state index contributed by atoms with van der Waals surface area (Å²) < 4.78 is 10.00. The molecule has 5 aliphatic heterocycles. The van der Waals surface area contributed by atoms with Gasteiger partial charge in [0.25, 0.3) is 17.7 Å². The molecule has 18 rings (SSSR count). The van der Waals surface area contributed by atoms with Gasteiger partial charge in [0.15, 0.2) is 17.2 Å². The number of aromatic carboxylic acids is 2. The third-order valence-corrected chi connectivity index (χ3v) is 20.0. The Bertz CT molecular complexity index is 5850. The number of aliphatic imine (C=N–C) groups is 1. The number of hydrogen-bond donors (Lipinski definition) is 11. The molecule has 36 nitrogen and oxygen atoms in total. The van der Waals surface area contributed by atoms with Crippen molar-refractivity contribution in [3.05, 3.63) is 227 Å². The van der Waals surface area contributed by atoms with E-state index in [9.17, 15) is 38.4 Å². The van der Waals surface area contributed by atoms with Gasteiger partial charge in [0.1, 0.15) is 49.8 Å². The van der Waals surface area contributed by atoms with Gasteiger partial charge in [0.05, 0.1) is 73.3 Å². The molecular formula is C78H80Cl4N24O12. The van der Waals surface area contributed by atoms with E-state index < -0.39 is 17.9 Å². The summed E-state index contributed by atoms with van der Waals surface area (Å²) in [4.78, 5) is 106. The third-order valence-electron chi connectivity index (χ3n) is 19.5. The van der Waals surface area contributed by atoms with Crippen LogP contribution in [-0.4, -0.2) is 229 Å². The number of nitrogens with two attached hydrogens (primary N) is 1. The number of nitrogens with zero attached hydrogens (tertiary/aromatic N) is 15. The molecule has 0 atom stereocenters. The van der Waals surface area contributed by atoms with Crippen LogP contribution in [0.2, 0.25) is 10.0 Å². The second-order valence-electron chi connectivity index (χ2n) is 26.9. The van der Waals surface area contributed by atoms with Gasteiger partial charge >= 0.3 is 23.9 Å². The fourth-order valence-electron chi connectivity index (χ4n) is 13.6. The number of Topliss-reactive ketones (excluding diaryl/α,β-unsaturated/α-hetero) is 1. The standard InChI is InChI=1S/C23H21ClN6O2.C16H16N6O3.C14H12N6O3.C10H14N2O2.C8H10ClN.C7H5N3O2.2ClH/c24-16-7-4-14(5-8-16)2-1-3-21(31)22-17-10-11-30(13-20(17)25-28-22)23(32)15-6-9-18-19(12-15)27-29-26-18;1-2-25-16(24)14-10-5-6-22(8-13(10)17-20-14)15(23)9-3-4-11-12(7-9)19-21-18-11;21-13(7-1-2-9-10(5-7)17-19-16-9)20-4-3-8-11(6-20)15-18-12(8)14(22)23;1-2-14-10(13)8-5-12-9-6-11-4-3-7(8)9;9-8-3-1-7(2-4-8)5-6-10;11-7(12)4-1-2-5-6(3-4)9-10-8-5;;/h4-9,12H,1-3,10-11,13H2,(H,25,28)(H,26,27,29);3-4,7H,2,5-6,8H2,1H3,(H,17,20)(H,18,19,21);1-2,5H,3-4,6H2,(H,15,18)(H,22,23)(H,16,17,19);11H,2-6H2,1H3;1-4H,5-6,10H2;1-3H,(H,11,12)(H,8,9,10);2*1H. The molecule has 0 spiro atoms. The number of ether oxygens (including phenoxy) is 2. The SMILES string of the molecule is CCOC(=O)C1=C2CCNCC2=NC1.CCOC(=O)c1n[nH]c2c1CCN(C(=O)c1ccc3n[nH]nc3c1)C2.Cl.Cl.NCCc1ccc(Cl)cc1.O=C(CCCc1ccc(Cl)cc1)c1n[nH]c2c1CCN(C(=O)c1ccc3n[nH]nc3c1)C2.O=C(O)c1ccc2n[nH]nc2c1.O=C(O)c1n[nH]c2c1CCN(C(=O)c1ccc3n[nH]nc3c1)C2. The van der Waals surface area contributed by atoms with Crippen molar-refractivity contribution < 1.29 is 58.0 Å². The van der Waals surface area contributed by atoms with Crippen LogP contribution in [0.5, 0.6) is 0 Å². The first-order chi connectivity index (χ1) is 56.3. The summed E-state index contributed by atoms with van der Waals surface area (Å²) in [6, 6.07) is 35.6. The quantitative estimate of drug-likeness (QED) is 0.0317. The maximum absolute atomic E-state index is 13.0. The number of H-pyrrole nitrogens is 7. The minimum absolute atomic E-state index is 0. The highest BCUT2D eigenvalue weighted by Crippen LogP contribution is 2.29. The molecule has 12 N–H and O–H groups in total. The van der Waals surface area contributed by atoms with Gasteiger partial charge < -0.3 is 45.4 Å². The topological polar surface area (TPSA) is 508 Å². The smallest absolute Gasteiger partial charge is 0.359 e. The van der Waals surface area contributed by atoms with E-state index in [0.717, 1.165) is 94.2 Å². The van der Waals surface area contributed by atoms with Gasteiger partial charge in [-0.3, -0.25) is 39.5 Å². The number of aromatic nitrogens is 18. The molecule has 6 aromatic carbocycles. The van der Waals surface area contributed by atoms with Crippen LogP contribution in [0, 0.1) is 0 Å². The molecule has 7 aromatic heterocycles. The lowest BCUT2D eigenvalue weighted by molar-refractivity contribution is -0.138. The van der Waals surface area contributed by atoms with Crippen molar-refractivity contribution in [3.63, 3.8) is 0 Å². The van der Waals surface area contributed by atoms with Crippen molar-refractivity contribution in [2.75, 3.05) is 59.0 Å². The molecule has 1 saturated heterocycles. The lowest BCUT2D eigenvalue weighted by Crippen LogP contribution is -2.36. The highest BCUT2D eigenvalue weighted by atomic mass is 35.5. The van der Waals surface area contributed by atoms with E-state index in [4.69, 9.17) is 48.6 Å². The Labute approximate surface area is 693 Å². The van der Waals surface area contributed by atoms with Crippen LogP contribution in [0.15, 0.2) is 137 Å². The maximum atomic E-state index is 13.0. The number of piperidine rings is 1. The Kier molecular flexibility index (Phi) is 29.1. The molecule has 5 aliphatic rings. The second kappa shape index (κ2) is 40.0. The molecule has 1 fully saturated rings. The second-order valence-corrected chi connectivity index (χ2v) is 27.8. The number of carbonyl (C=O) groups excluding carboxylic acids is 6. The van der Waals surface area contributed by atoms with Crippen LogP contribution in [0.3, 0.4) is 0 Å². The number of amides is 3. The van der Waals surface area contributed by atoms with E-state index in [0.29, 0.717) is 174 Å². The number of nitrogens with one attached hydrogen (secondary N) is 8. The zero-order valence-electron chi connectivity index (χ0n) is 63.5. The predicted octanol–water partition coefficient (Wildman–Crippen LogP) is 9.01. The zero-order chi connectivity index (χ0) is 81.4. The number of carboxylic acid groups (broad SMARTS) is 2. The first-order valence-corrected chi connectivity index (χ1v) is 37.8. The summed E-state index contributed by atoms with van der Waals surface area (Å²) in [5.74, 6) is -2.91. The minimum Gasteiger partial charge on any atom is -0.478 e. The molecule has 0 saturated carbocycles. The largest absolute Gasteiger partial charge is 0.478 e. The number of esters is 2. The van der Waals surface area contributed by atoms with Gasteiger partial charge in [0, 0.05) is 76.0 Å². The molecule has 0 radical (unpaired) electrons. The van der Waals surface area contributed by atoms with Crippen LogP contribution < -0.4 is 11.1 Å². The number of aromatic amines is 7. The Morgan fingerprint density at radius 1 is 0.458 bits per heavy atom.